The van der Waals surface area contributed by atoms with Crippen molar-refractivity contribution >= 4 is 29.3 Å². The van der Waals surface area contributed by atoms with Crippen LogP contribution in [0.2, 0.25) is 0 Å². The molecule has 0 atom stereocenters. The predicted octanol–water partition coefficient (Wildman–Crippen LogP) is 3.51. The zero-order chi connectivity index (χ0) is 21.5. The summed E-state index contributed by atoms with van der Waals surface area (Å²) in [6.07, 6.45) is 2.44. The molecule has 0 unspecified atom stereocenters. The maximum Gasteiger partial charge on any atom is 0.276 e. The first-order valence-electron chi connectivity index (χ1n) is 9.40. The van der Waals surface area contributed by atoms with Gasteiger partial charge in [-0.25, -0.2) is 4.39 Å². The molecule has 0 bridgehead atoms. The molecule has 1 heterocycles. The Morgan fingerprint density at radius 2 is 1.93 bits per heavy atom. The van der Waals surface area contributed by atoms with Gasteiger partial charge in [-0.3, -0.25) is 9.69 Å². The summed E-state index contributed by atoms with van der Waals surface area (Å²) in [4.78, 5) is 14.2. The van der Waals surface area contributed by atoms with Gasteiger partial charge in [0.2, 0.25) is 0 Å². The maximum absolute atomic E-state index is 13.1. The Kier molecular flexibility index (Phi) is 7.37. The Morgan fingerprint density at radius 1 is 1.17 bits per heavy atom. The van der Waals surface area contributed by atoms with Crippen LogP contribution in [-0.4, -0.2) is 43.3 Å². The highest BCUT2D eigenvalue weighted by Gasteiger charge is 2.30. The molecule has 0 spiro atoms. The lowest BCUT2D eigenvalue weighted by atomic mass is 10.1. The van der Waals surface area contributed by atoms with Crippen LogP contribution in [-0.2, 0) is 16.1 Å². The number of amides is 1. The van der Waals surface area contributed by atoms with Crippen molar-refractivity contribution < 1.29 is 23.4 Å². The fourth-order valence-corrected chi connectivity index (χ4v) is 3.29. The van der Waals surface area contributed by atoms with Crippen molar-refractivity contribution in [1.29, 1.82) is 0 Å². The normalized spacial score (nSPS) is 14.9. The van der Waals surface area contributed by atoms with Crippen molar-refractivity contribution in [2.45, 2.75) is 13.0 Å². The number of ether oxygens (including phenoxy) is 3. The molecule has 1 saturated heterocycles. The molecule has 6 nitrogen and oxygen atoms in total. The highest BCUT2D eigenvalue weighted by Crippen LogP contribution is 2.24. The van der Waals surface area contributed by atoms with Crippen LogP contribution in [0.3, 0.4) is 0 Å². The molecule has 1 amide bonds. The summed E-state index contributed by atoms with van der Waals surface area (Å²) in [7, 11) is 3.20. The van der Waals surface area contributed by atoms with Gasteiger partial charge >= 0.3 is 0 Å². The summed E-state index contributed by atoms with van der Waals surface area (Å²) in [6, 6.07) is 11.3. The van der Waals surface area contributed by atoms with E-state index in [9.17, 15) is 9.18 Å². The van der Waals surface area contributed by atoms with Gasteiger partial charge in [0.25, 0.3) is 5.91 Å². The highest BCUT2D eigenvalue weighted by molar-refractivity contribution is 7.80. The highest BCUT2D eigenvalue weighted by atomic mass is 32.1. The zero-order valence-electron chi connectivity index (χ0n) is 16.8. The monoisotopic (exact) mass is 430 g/mol. The van der Waals surface area contributed by atoms with E-state index >= 15 is 0 Å². The Labute approximate surface area is 180 Å². The number of methoxy groups -OCH3 is 2. The number of thiocarbonyl (C=S) groups is 1. The van der Waals surface area contributed by atoms with Crippen molar-refractivity contribution in [1.82, 2.24) is 10.2 Å². The molecule has 3 rings (SSSR count). The minimum atomic E-state index is -0.323. The van der Waals surface area contributed by atoms with Crippen LogP contribution in [0.25, 0.3) is 6.08 Å². The maximum atomic E-state index is 13.1. The number of carbonyl (C=O) groups is 1. The molecular formula is C22H23FN2O4S. The van der Waals surface area contributed by atoms with Crippen LogP contribution >= 0.6 is 12.2 Å². The lowest BCUT2D eigenvalue weighted by Crippen LogP contribution is -2.32. The van der Waals surface area contributed by atoms with E-state index in [1.165, 1.54) is 17.0 Å². The fraction of sp³-hybridized carbons (Fsp3) is 0.273. The molecule has 1 aliphatic heterocycles. The van der Waals surface area contributed by atoms with E-state index < -0.39 is 0 Å². The fourth-order valence-electron chi connectivity index (χ4n) is 3.00. The van der Waals surface area contributed by atoms with Crippen LogP contribution in [0.1, 0.15) is 17.5 Å². The lowest BCUT2D eigenvalue weighted by molar-refractivity contribution is -0.122. The van der Waals surface area contributed by atoms with E-state index in [-0.39, 0.29) is 18.3 Å². The molecule has 1 N–H and O–H groups in total. The van der Waals surface area contributed by atoms with Crippen molar-refractivity contribution in [3.05, 3.63) is 65.1 Å². The second-order valence-electron chi connectivity index (χ2n) is 6.61. The topological polar surface area (TPSA) is 60.0 Å². The molecule has 1 fully saturated rings. The third-order valence-corrected chi connectivity index (χ3v) is 4.84. The van der Waals surface area contributed by atoms with Gasteiger partial charge in [0.1, 0.15) is 29.6 Å². The third-order valence-electron chi connectivity index (χ3n) is 4.52. The first-order valence-corrected chi connectivity index (χ1v) is 9.81. The van der Waals surface area contributed by atoms with E-state index in [0.29, 0.717) is 41.9 Å². The molecule has 2 aromatic carbocycles. The average Bonchev–Trinajstić information content (AvgIpc) is 3.01. The van der Waals surface area contributed by atoms with Gasteiger partial charge in [0.05, 0.1) is 7.11 Å². The number of carbonyl (C=O) groups excluding carboxylic acids is 1. The minimum absolute atomic E-state index is 0.170. The van der Waals surface area contributed by atoms with Gasteiger partial charge in [-0.15, -0.1) is 0 Å². The van der Waals surface area contributed by atoms with E-state index in [2.05, 4.69) is 5.32 Å². The van der Waals surface area contributed by atoms with Crippen LogP contribution < -0.4 is 14.8 Å². The lowest BCUT2D eigenvalue weighted by Gasteiger charge is -2.13. The van der Waals surface area contributed by atoms with Crippen LogP contribution in [0, 0.1) is 5.82 Å². The summed E-state index contributed by atoms with van der Waals surface area (Å²) in [5.41, 5.74) is 2.00. The van der Waals surface area contributed by atoms with Gasteiger partial charge < -0.3 is 19.5 Å². The Balaban J connectivity index is 1.74. The Morgan fingerprint density at radius 3 is 2.63 bits per heavy atom. The van der Waals surface area contributed by atoms with E-state index in [4.69, 9.17) is 26.4 Å². The number of nitrogens with one attached hydrogen (secondary N) is 1. The summed E-state index contributed by atoms with van der Waals surface area (Å²) < 4.78 is 29.2. The Hall–Kier alpha value is -2.97. The first kappa shape index (κ1) is 21.7. The largest absolute Gasteiger partial charge is 0.496 e. The number of hydrogen-bond donors (Lipinski definition) is 1. The standard InChI is InChI=1S/C22H23FN2O4S/c1-27-11-3-10-25-21(26)19(24-22(25)30)13-15-4-9-20(28-2)16(12-15)14-29-18-7-5-17(23)6-8-18/h4-9,12-13H,3,10-11,14H2,1-2H3,(H,24,30)/b19-13+. The average molecular weight is 431 g/mol. The van der Waals surface area contributed by atoms with Crippen molar-refractivity contribution in [2.24, 2.45) is 0 Å². The van der Waals surface area contributed by atoms with Crippen LogP contribution in [0.5, 0.6) is 11.5 Å². The van der Waals surface area contributed by atoms with Gasteiger partial charge in [-0.05, 0) is 66.7 Å². The molecule has 30 heavy (non-hydrogen) atoms. The third kappa shape index (κ3) is 5.34. The predicted molar refractivity (Wildman–Crippen MR) is 116 cm³/mol. The number of hydrogen-bond acceptors (Lipinski definition) is 5. The van der Waals surface area contributed by atoms with Crippen LogP contribution in [0.15, 0.2) is 48.2 Å². The summed E-state index contributed by atoms with van der Waals surface area (Å²) in [6.45, 7) is 1.28. The molecule has 2 aromatic rings. The smallest absolute Gasteiger partial charge is 0.276 e. The van der Waals surface area contributed by atoms with Gasteiger partial charge in [0.15, 0.2) is 5.11 Å². The molecule has 1 aliphatic rings. The Bertz CT molecular complexity index is 947. The minimum Gasteiger partial charge on any atom is -0.496 e. The van der Waals surface area contributed by atoms with E-state index in [1.807, 2.05) is 18.2 Å². The summed E-state index contributed by atoms with van der Waals surface area (Å²) in [5.74, 6) is 0.709. The number of nitrogens with zero attached hydrogens (tertiary/aromatic N) is 1. The molecule has 0 saturated carbocycles. The van der Waals surface area contributed by atoms with E-state index in [1.54, 1.807) is 32.4 Å². The first-order chi connectivity index (χ1) is 14.5. The summed E-state index contributed by atoms with van der Waals surface area (Å²) >= 11 is 5.28. The van der Waals surface area contributed by atoms with Gasteiger partial charge in [-0.1, -0.05) is 6.07 Å². The number of halogens is 1. The zero-order valence-corrected chi connectivity index (χ0v) is 17.6. The van der Waals surface area contributed by atoms with Crippen LogP contribution in [0.4, 0.5) is 4.39 Å². The second-order valence-corrected chi connectivity index (χ2v) is 6.99. The summed E-state index contributed by atoms with van der Waals surface area (Å²) in [5, 5.41) is 3.36. The molecule has 0 aliphatic carbocycles. The van der Waals surface area contributed by atoms with Crippen molar-refractivity contribution in [3.63, 3.8) is 0 Å². The quantitative estimate of drug-likeness (QED) is 0.373. The molecule has 158 valence electrons. The molecule has 8 heteroatoms. The molecule has 0 aromatic heterocycles. The van der Waals surface area contributed by atoms with Crippen molar-refractivity contribution in [2.75, 3.05) is 27.4 Å². The van der Waals surface area contributed by atoms with E-state index in [0.717, 1.165) is 11.1 Å². The van der Waals surface area contributed by atoms with Gasteiger partial charge in [-0.2, -0.15) is 0 Å². The molecular weight excluding hydrogens is 407 g/mol. The van der Waals surface area contributed by atoms with Gasteiger partial charge in [0, 0.05) is 25.8 Å². The SMILES string of the molecule is COCCCN1C(=O)/C(=C\c2ccc(OC)c(COc3ccc(F)cc3)c2)NC1=S. The van der Waals surface area contributed by atoms with Crippen molar-refractivity contribution in [3.8, 4) is 11.5 Å². The number of benzene rings is 2. The second kappa shape index (κ2) is 10.2. The number of rotatable bonds is 9. The molecule has 0 radical (unpaired) electrons.